The van der Waals surface area contributed by atoms with E-state index in [4.69, 9.17) is 0 Å². The van der Waals surface area contributed by atoms with Crippen LogP contribution in [0.2, 0.25) is 0 Å². The first-order valence-corrected chi connectivity index (χ1v) is 9.02. The van der Waals surface area contributed by atoms with Gasteiger partial charge in [0.15, 0.2) is 0 Å². The molecule has 0 bridgehead atoms. The molecule has 2 nitrogen and oxygen atoms in total. The zero-order chi connectivity index (χ0) is 14.4. The molecule has 1 atom stereocenters. The van der Waals surface area contributed by atoms with Crippen LogP contribution in [0.4, 0.5) is 0 Å². The van der Waals surface area contributed by atoms with Crippen LogP contribution in [0.1, 0.15) is 49.6 Å². The van der Waals surface area contributed by atoms with Gasteiger partial charge < -0.3 is 9.88 Å². The van der Waals surface area contributed by atoms with Gasteiger partial charge >= 0.3 is 0 Å². The van der Waals surface area contributed by atoms with Crippen LogP contribution in [-0.4, -0.2) is 11.1 Å². The van der Waals surface area contributed by atoms with Crippen LogP contribution in [0.25, 0.3) is 0 Å². The van der Waals surface area contributed by atoms with Gasteiger partial charge in [-0.2, -0.15) is 0 Å². The van der Waals surface area contributed by atoms with E-state index in [0.29, 0.717) is 6.04 Å². The average molecular weight is 355 g/mol. The van der Waals surface area contributed by atoms with E-state index < -0.39 is 0 Å². The number of nitrogens with zero attached hydrogens (tertiary/aromatic N) is 1. The van der Waals surface area contributed by atoms with E-state index in [2.05, 4.69) is 69.6 Å². The first kappa shape index (κ1) is 15.8. The van der Waals surface area contributed by atoms with Crippen molar-refractivity contribution in [1.29, 1.82) is 0 Å². The maximum Gasteiger partial charge on any atom is 0.0574 e. The fraction of sp³-hybridized carbons (Fsp3) is 0.500. The minimum atomic E-state index is 0.493. The van der Waals surface area contributed by atoms with Crippen LogP contribution >= 0.6 is 27.3 Å². The summed E-state index contributed by atoms with van der Waals surface area (Å²) < 4.78 is 3.49. The molecule has 0 saturated heterocycles. The largest absolute Gasteiger partial charge is 0.349 e. The molecule has 0 aromatic carbocycles. The minimum absolute atomic E-state index is 0.493. The van der Waals surface area contributed by atoms with E-state index in [1.165, 1.54) is 34.2 Å². The first-order chi connectivity index (χ1) is 9.74. The summed E-state index contributed by atoms with van der Waals surface area (Å²) in [6, 6.07) is 4.87. The molecule has 0 radical (unpaired) electrons. The molecule has 0 fully saturated rings. The van der Waals surface area contributed by atoms with Crippen molar-refractivity contribution in [3.63, 3.8) is 0 Å². The van der Waals surface area contributed by atoms with Gasteiger partial charge in [0, 0.05) is 27.8 Å². The summed E-state index contributed by atoms with van der Waals surface area (Å²) in [5, 5.41) is 5.78. The van der Waals surface area contributed by atoms with Crippen molar-refractivity contribution < 1.29 is 0 Å². The van der Waals surface area contributed by atoms with Gasteiger partial charge in [-0.3, -0.25) is 0 Å². The molecule has 1 N–H and O–H groups in total. The third-order valence-electron chi connectivity index (χ3n) is 3.41. The molecule has 2 rings (SSSR count). The van der Waals surface area contributed by atoms with E-state index >= 15 is 0 Å². The second-order valence-corrected chi connectivity index (χ2v) is 6.96. The van der Waals surface area contributed by atoms with Crippen LogP contribution in [0.5, 0.6) is 0 Å². The van der Waals surface area contributed by atoms with Crippen molar-refractivity contribution in [2.45, 2.75) is 45.7 Å². The summed E-state index contributed by atoms with van der Waals surface area (Å²) in [5.74, 6) is 0. The molecule has 0 aliphatic carbocycles. The van der Waals surface area contributed by atoms with E-state index in [1.54, 1.807) is 11.3 Å². The van der Waals surface area contributed by atoms with Crippen LogP contribution in [0, 0.1) is 0 Å². The van der Waals surface area contributed by atoms with Crippen LogP contribution in [-0.2, 0) is 6.54 Å². The fourth-order valence-electron chi connectivity index (χ4n) is 2.36. The number of hydrogen-bond donors (Lipinski definition) is 1. The topological polar surface area (TPSA) is 17.0 Å². The Kier molecular flexibility index (Phi) is 6.33. The zero-order valence-electron chi connectivity index (χ0n) is 12.2. The van der Waals surface area contributed by atoms with Gasteiger partial charge in [-0.05, 0) is 58.4 Å². The van der Waals surface area contributed by atoms with Gasteiger partial charge in [0.05, 0.1) is 6.54 Å². The number of hydrogen-bond acceptors (Lipinski definition) is 2. The van der Waals surface area contributed by atoms with Crippen molar-refractivity contribution in [3.8, 4) is 0 Å². The summed E-state index contributed by atoms with van der Waals surface area (Å²) in [4.78, 5) is 1.38. The highest BCUT2D eigenvalue weighted by molar-refractivity contribution is 9.10. The Morgan fingerprint density at radius 3 is 2.80 bits per heavy atom. The lowest BCUT2D eigenvalue weighted by molar-refractivity contribution is 0.493. The Balaban J connectivity index is 2.04. The Labute approximate surface area is 134 Å². The highest BCUT2D eigenvalue weighted by Gasteiger charge is 2.11. The number of aromatic nitrogens is 1. The lowest BCUT2D eigenvalue weighted by atomic mass is 10.1. The summed E-state index contributed by atoms with van der Waals surface area (Å²) >= 11 is 5.41. The maximum atomic E-state index is 3.65. The third-order valence-corrected chi connectivity index (χ3v) is 5.32. The van der Waals surface area contributed by atoms with E-state index in [9.17, 15) is 0 Å². The van der Waals surface area contributed by atoms with Gasteiger partial charge in [0.2, 0.25) is 0 Å². The average Bonchev–Trinajstić information content (AvgIpc) is 3.05. The molecule has 4 heteroatoms. The Hall–Kier alpha value is -0.580. The van der Waals surface area contributed by atoms with Gasteiger partial charge in [-0.1, -0.05) is 20.3 Å². The Morgan fingerprint density at radius 2 is 2.15 bits per heavy atom. The summed E-state index contributed by atoms with van der Waals surface area (Å²) in [6.07, 6.45) is 8.08. The third kappa shape index (κ3) is 4.21. The van der Waals surface area contributed by atoms with Crippen molar-refractivity contribution in [3.05, 3.63) is 44.8 Å². The van der Waals surface area contributed by atoms with Crippen molar-refractivity contribution >= 4 is 27.3 Å². The molecule has 2 aromatic heterocycles. The van der Waals surface area contributed by atoms with Crippen molar-refractivity contribution in [1.82, 2.24) is 9.88 Å². The molecule has 0 aliphatic heterocycles. The number of halogens is 1. The summed E-state index contributed by atoms with van der Waals surface area (Å²) in [7, 11) is 0. The molecule has 0 aliphatic rings. The monoisotopic (exact) mass is 354 g/mol. The number of thiophene rings is 1. The molecule has 110 valence electrons. The minimum Gasteiger partial charge on any atom is -0.349 e. The van der Waals surface area contributed by atoms with E-state index in [-0.39, 0.29) is 0 Å². The SMILES string of the molecule is CCCNC(CCC)c1ccn(Cc2sccc2Br)c1. The smallest absolute Gasteiger partial charge is 0.0574 e. The van der Waals surface area contributed by atoms with E-state index in [0.717, 1.165) is 13.1 Å². The van der Waals surface area contributed by atoms with Gasteiger partial charge in [-0.25, -0.2) is 0 Å². The summed E-state index contributed by atoms with van der Waals surface area (Å²) in [6.45, 7) is 6.51. The van der Waals surface area contributed by atoms with Crippen LogP contribution < -0.4 is 5.32 Å². The maximum absolute atomic E-state index is 3.65. The zero-order valence-corrected chi connectivity index (χ0v) is 14.6. The molecule has 1 unspecified atom stereocenters. The van der Waals surface area contributed by atoms with Gasteiger partial charge in [-0.15, -0.1) is 11.3 Å². The quantitative estimate of drug-likeness (QED) is 0.689. The Morgan fingerprint density at radius 1 is 1.30 bits per heavy atom. The molecule has 2 heterocycles. The van der Waals surface area contributed by atoms with E-state index in [1.807, 2.05) is 0 Å². The predicted molar refractivity (Wildman–Crippen MR) is 91.5 cm³/mol. The Bertz CT molecular complexity index is 518. The molecule has 0 spiro atoms. The van der Waals surface area contributed by atoms with Gasteiger partial charge in [0.1, 0.15) is 0 Å². The standard InChI is InChI=1S/C16H23BrN2S/c1-3-5-15(18-8-4-2)13-6-9-19(11-13)12-16-14(17)7-10-20-16/h6-7,9-11,15,18H,3-5,8,12H2,1-2H3. The molecule has 0 amide bonds. The molecule has 0 saturated carbocycles. The highest BCUT2D eigenvalue weighted by atomic mass is 79.9. The lowest BCUT2D eigenvalue weighted by Gasteiger charge is -2.16. The fourth-order valence-corrected chi connectivity index (χ4v) is 3.85. The molecular weight excluding hydrogens is 332 g/mol. The van der Waals surface area contributed by atoms with Crippen LogP contribution in [0.3, 0.4) is 0 Å². The molecular formula is C16H23BrN2S. The summed E-state index contributed by atoms with van der Waals surface area (Å²) in [5.41, 5.74) is 1.41. The van der Waals surface area contributed by atoms with Crippen molar-refractivity contribution in [2.24, 2.45) is 0 Å². The highest BCUT2D eigenvalue weighted by Crippen LogP contribution is 2.25. The first-order valence-electron chi connectivity index (χ1n) is 7.35. The van der Waals surface area contributed by atoms with Gasteiger partial charge in [0.25, 0.3) is 0 Å². The normalized spacial score (nSPS) is 12.8. The second-order valence-electron chi connectivity index (χ2n) is 5.10. The number of rotatable bonds is 8. The lowest BCUT2D eigenvalue weighted by Crippen LogP contribution is -2.21. The number of nitrogens with one attached hydrogen (secondary N) is 1. The molecule has 20 heavy (non-hydrogen) atoms. The molecule has 2 aromatic rings. The van der Waals surface area contributed by atoms with Crippen molar-refractivity contribution in [2.75, 3.05) is 6.54 Å². The predicted octanol–water partition coefficient (Wildman–Crippen LogP) is 5.20. The second kappa shape index (κ2) is 8.01. The van der Waals surface area contributed by atoms with Crippen LogP contribution in [0.15, 0.2) is 34.4 Å².